The van der Waals surface area contributed by atoms with E-state index in [-0.39, 0.29) is 35.8 Å². The lowest BCUT2D eigenvalue weighted by Gasteiger charge is -2.20. The molecule has 7 nitrogen and oxygen atoms in total. The van der Waals surface area contributed by atoms with Crippen LogP contribution in [0.1, 0.15) is 12.8 Å². The highest BCUT2D eigenvalue weighted by molar-refractivity contribution is 14.0. The second-order valence-electron chi connectivity index (χ2n) is 6.76. The van der Waals surface area contributed by atoms with E-state index in [9.17, 15) is 4.39 Å². The van der Waals surface area contributed by atoms with Crippen molar-refractivity contribution < 1.29 is 13.9 Å². The fraction of sp³-hybridized carbons (Fsp3) is 0.429. The molecule has 3 rings (SSSR count). The van der Waals surface area contributed by atoms with Crippen molar-refractivity contribution in [3.05, 3.63) is 48.4 Å². The maximum absolute atomic E-state index is 13.9. The van der Waals surface area contributed by atoms with Gasteiger partial charge in [0, 0.05) is 38.9 Å². The molecule has 0 aliphatic carbocycles. The van der Waals surface area contributed by atoms with Crippen LogP contribution in [0, 0.1) is 5.82 Å². The van der Waals surface area contributed by atoms with Crippen molar-refractivity contribution in [3.63, 3.8) is 0 Å². The monoisotopic (exact) mass is 529 g/mol. The van der Waals surface area contributed by atoms with Gasteiger partial charge in [-0.2, -0.15) is 0 Å². The fourth-order valence-corrected chi connectivity index (χ4v) is 3.21. The average Bonchev–Trinajstić information content (AvgIpc) is 3.21. The molecule has 1 aliphatic heterocycles. The molecule has 1 aromatic carbocycles. The summed E-state index contributed by atoms with van der Waals surface area (Å²) in [6.07, 6.45) is 3.35. The summed E-state index contributed by atoms with van der Waals surface area (Å²) >= 11 is 0. The molecule has 9 heteroatoms. The minimum atomic E-state index is -0.285. The number of anilines is 1. The van der Waals surface area contributed by atoms with Crippen molar-refractivity contribution in [2.45, 2.75) is 18.9 Å². The molecule has 0 bridgehead atoms. The molecule has 0 saturated carbocycles. The Balaban J connectivity index is 0.00000320. The van der Waals surface area contributed by atoms with Crippen LogP contribution in [0.4, 0.5) is 10.2 Å². The fourth-order valence-electron chi connectivity index (χ4n) is 3.21. The number of nitrogens with zero attached hydrogens (tertiary/aromatic N) is 3. The van der Waals surface area contributed by atoms with E-state index in [1.54, 1.807) is 26.4 Å². The summed E-state index contributed by atoms with van der Waals surface area (Å²) in [7, 11) is 3.39. The standard InChI is InChI=1S/C21H28FN5O2.HI/c1-23-21(25-12-4-14-29-18-8-6-17(28-2)7-9-18)26-16-10-13-27(15-16)20-19(22)5-3-11-24-20;/h3,5-9,11,16H,4,10,12-15H2,1-2H3,(H2,23,25,26);1H. The molecule has 2 aromatic rings. The Morgan fingerprint density at radius 2 is 2.03 bits per heavy atom. The van der Waals surface area contributed by atoms with Crippen LogP contribution in [0.3, 0.4) is 0 Å². The van der Waals surface area contributed by atoms with Gasteiger partial charge in [-0.3, -0.25) is 4.99 Å². The number of rotatable bonds is 8. The molecule has 1 saturated heterocycles. The zero-order valence-electron chi connectivity index (χ0n) is 17.3. The van der Waals surface area contributed by atoms with Gasteiger partial charge in [-0.1, -0.05) is 0 Å². The number of aliphatic imine (C=N–C) groups is 1. The lowest BCUT2D eigenvalue weighted by molar-refractivity contribution is 0.310. The van der Waals surface area contributed by atoms with Gasteiger partial charge in [0.2, 0.25) is 0 Å². The molecule has 0 amide bonds. The first kappa shape index (κ1) is 24.0. The van der Waals surface area contributed by atoms with E-state index in [0.29, 0.717) is 19.0 Å². The summed E-state index contributed by atoms with van der Waals surface area (Å²) in [5.74, 6) is 2.50. The summed E-state index contributed by atoms with van der Waals surface area (Å²) in [5.41, 5.74) is 0. The average molecular weight is 529 g/mol. The lowest BCUT2D eigenvalue weighted by Crippen LogP contribution is -2.45. The van der Waals surface area contributed by atoms with Gasteiger partial charge >= 0.3 is 0 Å². The van der Waals surface area contributed by atoms with Crippen LogP contribution in [0.15, 0.2) is 47.6 Å². The molecule has 1 aromatic heterocycles. The Hall–Kier alpha value is -2.30. The van der Waals surface area contributed by atoms with Crippen molar-refractivity contribution >= 4 is 35.8 Å². The lowest BCUT2D eigenvalue weighted by atomic mass is 10.3. The van der Waals surface area contributed by atoms with Crippen LogP contribution in [-0.2, 0) is 0 Å². The Morgan fingerprint density at radius 1 is 1.27 bits per heavy atom. The second kappa shape index (κ2) is 12.4. The topological polar surface area (TPSA) is 71.0 Å². The third kappa shape index (κ3) is 6.89. The Morgan fingerprint density at radius 3 is 2.73 bits per heavy atom. The Kier molecular flexibility index (Phi) is 9.92. The van der Waals surface area contributed by atoms with Gasteiger partial charge in [-0.25, -0.2) is 9.37 Å². The van der Waals surface area contributed by atoms with E-state index in [4.69, 9.17) is 9.47 Å². The first-order valence-electron chi connectivity index (χ1n) is 9.79. The van der Waals surface area contributed by atoms with Crippen molar-refractivity contribution in [2.24, 2.45) is 4.99 Å². The molecule has 30 heavy (non-hydrogen) atoms. The quantitative estimate of drug-likeness (QED) is 0.237. The normalized spacial score (nSPS) is 16.0. The van der Waals surface area contributed by atoms with Crippen LogP contribution in [0.25, 0.3) is 0 Å². The smallest absolute Gasteiger partial charge is 0.191 e. The molecule has 0 spiro atoms. The first-order chi connectivity index (χ1) is 14.2. The number of aromatic nitrogens is 1. The molecular weight excluding hydrogens is 500 g/mol. The molecule has 1 aliphatic rings. The molecule has 1 fully saturated rings. The van der Waals surface area contributed by atoms with E-state index in [2.05, 4.69) is 20.6 Å². The van der Waals surface area contributed by atoms with Gasteiger partial charge in [0.25, 0.3) is 0 Å². The van der Waals surface area contributed by atoms with Crippen LogP contribution >= 0.6 is 24.0 Å². The van der Waals surface area contributed by atoms with Gasteiger partial charge in [0.1, 0.15) is 11.5 Å². The number of pyridine rings is 1. The predicted molar refractivity (Wildman–Crippen MR) is 128 cm³/mol. The number of nitrogens with one attached hydrogen (secondary N) is 2. The zero-order valence-corrected chi connectivity index (χ0v) is 19.6. The van der Waals surface area contributed by atoms with Gasteiger partial charge in [-0.05, 0) is 49.2 Å². The van der Waals surface area contributed by atoms with E-state index in [0.717, 1.165) is 43.4 Å². The number of ether oxygens (including phenoxy) is 2. The molecular formula is C21H29FIN5O2. The zero-order chi connectivity index (χ0) is 20.5. The number of halogens is 2. The predicted octanol–water partition coefficient (Wildman–Crippen LogP) is 3.06. The van der Waals surface area contributed by atoms with Crippen molar-refractivity contribution in [1.82, 2.24) is 15.6 Å². The molecule has 2 N–H and O–H groups in total. The summed E-state index contributed by atoms with van der Waals surface area (Å²) in [6, 6.07) is 10.8. The highest BCUT2D eigenvalue weighted by Crippen LogP contribution is 2.20. The van der Waals surface area contributed by atoms with Crippen LogP contribution in [0.5, 0.6) is 11.5 Å². The number of benzene rings is 1. The third-order valence-corrected chi connectivity index (χ3v) is 4.73. The van der Waals surface area contributed by atoms with E-state index in [1.807, 2.05) is 29.2 Å². The van der Waals surface area contributed by atoms with Crippen LogP contribution < -0.4 is 25.0 Å². The maximum atomic E-state index is 13.9. The number of methoxy groups -OCH3 is 1. The van der Waals surface area contributed by atoms with Crippen molar-refractivity contribution in [2.75, 3.05) is 45.3 Å². The SMILES string of the molecule is CN=C(NCCCOc1ccc(OC)cc1)NC1CCN(c2ncccc2F)C1.I. The Labute approximate surface area is 194 Å². The molecule has 1 unspecified atom stereocenters. The van der Waals surface area contributed by atoms with E-state index >= 15 is 0 Å². The van der Waals surface area contributed by atoms with E-state index < -0.39 is 0 Å². The van der Waals surface area contributed by atoms with Crippen molar-refractivity contribution in [3.8, 4) is 11.5 Å². The highest BCUT2D eigenvalue weighted by atomic mass is 127. The van der Waals surface area contributed by atoms with Crippen LogP contribution in [0.2, 0.25) is 0 Å². The molecule has 0 radical (unpaired) electrons. The maximum Gasteiger partial charge on any atom is 0.191 e. The molecule has 1 atom stereocenters. The van der Waals surface area contributed by atoms with Gasteiger partial charge < -0.3 is 25.0 Å². The number of hydrogen-bond acceptors (Lipinski definition) is 5. The minimum absolute atomic E-state index is 0. The molecule has 2 heterocycles. The summed E-state index contributed by atoms with van der Waals surface area (Å²) < 4.78 is 24.8. The third-order valence-electron chi connectivity index (χ3n) is 4.73. The highest BCUT2D eigenvalue weighted by Gasteiger charge is 2.25. The first-order valence-corrected chi connectivity index (χ1v) is 9.79. The number of hydrogen-bond donors (Lipinski definition) is 2. The van der Waals surface area contributed by atoms with Gasteiger partial charge in [0.05, 0.1) is 13.7 Å². The second-order valence-corrected chi connectivity index (χ2v) is 6.76. The number of guanidine groups is 1. The van der Waals surface area contributed by atoms with Crippen molar-refractivity contribution in [1.29, 1.82) is 0 Å². The summed E-state index contributed by atoms with van der Waals surface area (Å²) in [4.78, 5) is 10.4. The van der Waals surface area contributed by atoms with Crippen LogP contribution in [-0.4, -0.2) is 57.4 Å². The molecule has 164 valence electrons. The Bertz CT molecular complexity index is 806. The summed E-state index contributed by atoms with van der Waals surface area (Å²) in [6.45, 7) is 2.79. The van der Waals surface area contributed by atoms with Gasteiger partial charge in [0.15, 0.2) is 17.6 Å². The minimum Gasteiger partial charge on any atom is -0.497 e. The van der Waals surface area contributed by atoms with E-state index in [1.165, 1.54) is 6.07 Å². The van der Waals surface area contributed by atoms with Gasteiger partial charge in [-0.15, -0.1) is 24.0 Å². The largest absolute Gasteiger partial charge is 0.497 e. The summed E-state index contributed by atoms with van der Waals surface area (Å²) in [5, 5.41) is 6.70.